The summed E-state index contributed by atoms with van der Waals surface area (Å²) in [5, 5.41) is 14.5. The number of hydrogen-bond donors (Lipinski definition) is 3. The predicted octanol–water partition coefficient (Wildman–Crippen LogP) is 1.10. The normalized spacial score (nSPS) is 21.5. The number of nitrogens with one attached hydrogen (secondary N) is 2. The molecule has 0 aliphatic carbocycles. The summed E-state index contributed by atoms with van der Waals surface area (Å²) in [7, 11) is -0.744. The minimum Gasteiger partial charge on any atom is -0.478 e. The third-order valence-electron chi connectivity index (χ3n) is 3.35. The first-order valence-electron chi connectivity index (χ1n) is 6.76. The number of carboxylic acids is 1. The predicted molar refractivity (Wildman–Crippen MR) is 79.7 cm³/mol. The van der Waals surface area contributed by atoms with Gasteiger partial charge >= 0.3 is 12.0 Å². The van der Waals surface area contributed by atoms with Crippen LogP contribution in [0, 0.1) is 0 Å². The van der Waals surface area contributed by atoms with Gasteiger partial charge in [0.2, 0.25) is 0 Å². The third-order valence-corrected chi connectivity index (χ3v) is 4.73. The van der Waals surface area contributed by atoms with Crippen molar-refractivity contribution in [1.82, 2.24) is 10.6 Å². The summed E-state index contributed by atoms with van der Waals surface area (Å²) in [5.74, 6) is 0.272. The van der Waals surface area contributed by atoms with E-state index in [0.29, 0.717) is 11.5 Å². The summed E-state index contributed by atoms with van der Waals surface area (Å²) in [6, 6.07) is 6.23. The standard InChI is InChI=1S/C14H18N2O4S/c17-13(18)11-3-1-2-10(8-11)9-15-14(19)16-12-4-6-21(20)7-5-12/h1-3,8,12H,4-7,9H2,(H,17,18)(H2,15,16,19). The summed E-state index contributed by atoms with van der Waals surface area (Å²) in [5.41, 5.74) is 0.930. The minimum atomic E-state index is -0.989. The molecule has 0 saturated carbocycles. The molecule has 1 aromatic carbocycles. The molecule has 6 nitrogen and oxygen atoms in total. The minimum absolute atomic E-state index is 0.0630. The Kier molecular flexibility index (Phi) is 5.32. The Morgan fingerprint density at radius 3 is 2.67 bits per heavy atom. The van der Waals surface area contributed by atoms with Crippen LogP contribution < -0.4 is 10.6 Å². The lowest BCUT2D eigenvalue weighted by molar-refractivity contribution is 0.0696. The maximum absolute atomic E-state index is 11.8. The van der Waals surface area contributed by atoms with Gasteiger partial charge in [0.15, 0.2) is 0 Å². The molecule has 0 aromatic heterocycles. The maximum atomic E-state index is 11.8. The van der Waals surface area contributed by atoms with E-state index < -0.39 is 16.8 Å². The first-order valence-corrected chi connectivity index (χ1v) is 8.25. The largest absolute Gasteiger partial charge is 0.478 e. The van der Waals surface area contributed by atoms with Gasteiger partial charge in [-0.25, -0.2) is 9.59 Å². The Bertz CT molecular complexity index is 552. The molecule has 21 heavy (non-hydrogen) atoms. The highest BCUT2D eigenvalue weighted by Crippen LogP contribution is 2.09. The highest BCUT2D eigenvalue weighted by atomic mass is 32.2. The van der Waals surface area contributed by atoms with Crippen LogP contribution in [0.2, 0.25) is 0 Å². The second kappa shape index (κ2) is 7.21. The van der Waals surface area contributed by atoms with Crippen LogP contribution in [-0.2, 0) is 17.3 Å². The summed E-state index contributed by atoms with van der Waals surface area (Å²) in [4.78, 5) is 22.6. The molecule has 2 rings (SSSR count). The van der Waals surface area contributed by atoms with Crippen LogP contribution in [0.15, 0.2) is 24.3 Å². The van der Waals surface area contributed by atoms with E-state index in [-0.39, 0.29) is 24.2 Å². The number of benzene rings is 1. The number of aromatic carboxylic acids is 1. The lowest BCUT2D eigenvalue weighted by Gasteiger charge is -2.22. The smallest absolute Gasteiger partial charge is 0.335 e. The fraction of sp³-hybridized carbons (Fsp3) is 0.429. The van der Waals surface area contributed by atoms with Crippen LogP contribution in [0.5, 0.6) is 0 Å². The molecular weight excluding hydrogens is 292 g/mol. The van der Waals surface area contributed by atoms with E-state index in [9.17, 15) is 13.8 Å². The van der Waals surface area contributed by atoms with Gasteiger partial charge < -0.3 is 15.7 Å². The lowest BCUT2D eigenvalue weighted by Crippen LogP contribution is -2.44. The van der Waals surface area contributed by atoms with E-state index in [1.54, 1.807) is 12.1 Å². The zero-order chi connectivity index (χ0) is 15.2. The van der Waals surface area contributed by atoms with Crippen molar-refractivity contribution in [2.24, 2.45) is 0 Å². The van der Waals surface area contributed by atoms with Crippen molar-refractivity contribution in [2.75, 3.05) is 11.5 Å². The fourth-order valence-electron chi connectivity index (χ4n) is 2.17. The summed E-state index contributed by atoms with van der Waals surface area (Å²) in [6.07, 6.45) is 1.46. The van der Waals surface area contributed by atoms with Crippen LogP contribution in [0.4, 0.5) is 4.79 Å². The van der Waals surface area contributed by atoms with Crippen molar-refractivity contribution < 1.29 is 18.9 Å². The molecule has 0 atom stereocenters. The SMILES string of the molecule is O=C(NCc1cccc(C(=O)O)c1)NC1CCS(=O)CC1. The van der Waals surface area contributed by atoms with Gasteiger partial charge in [-0.1, -0.05) is 12.1 Å². The molecular formula is C14H18N2O4S. The summed E-state index contributed by atoms with van der Waals surface area (Å²) >= 11 is 0. The molecule has 7 heteroatoms. The van der Waals surface area contributed by atoms with Gasteiger partial charge in [0.25, 0.3) is 0 Å². The average Bonchev–Trinajstić information content (AvgIpc) is 2.48. The topological polar surface area (TPSA) is 95.5 Å². The quantitative estimate of drug-likeness (QED) is 0.776. The molecule has 1 aliphatic rings. The van der Waals surface area contributed by atoms with Gasteiger partial charge in [0.05, 0.1) is 5.56 Å². The van der Waals surface area contributed by atoms with Gasteiger partial charge in [-0.3, -0.25) is 4.21 Å². The molecule has 0 unspecified atom stereocenters. The highest BCUT2D eigenvalue weighted by Gasteiger charge is 2.19. The number of carboxylic acid groups (broad SMARTS) is 1. The molecule has 0 spiro atoms. The second-order valence-electron chi connectivity index (χ2n) is 4.95. The third kappa shape index (κ3) is 4.86. The molecule has 114 valence electrons. The zero-order valence-corrected chi connectivity index (χ0v) is 12.3. The molecule has 0 bridgehead atoms. The molecule has 2 amide bonds. The van der Waals surface area contributed by atoms with Crippen molar-refractivity contribution >= 4 is 22.8 Å². The van der Waals surface area contributed by atoms with Gasteiger partial charge in [0.1, 0.15) is 0 Å². The van der Waals surface area contributed by atoms with Crippen LogP contribution >= 0.6 is 0 Å². The van der Waals surface area contributed by atoms with E-state index >= 15 is 0 Å². The summed E-state index contributed by atoms with van der Waals surface area (Å²) < 4.78 is 11.2. The van der Waals surface area contributed by atoms with Gasteiger partial charge in [-0.05, 0) is 30.5 Å². The second-order valence-corrected chi connectivity index (χ2v) is 6.65. The zero-order valence-electron chi connectivity index (χ0n) is 11.5. The molecule has 0 radical (unpaired) electrons. The first-order chi connectivity index (χ1) is 10.0. The van der Waals surface area contributed by atoms with Gasteiger partial charge in [0, 0.05) is 34.9 Å². The number of rotatable bonds is 4. The van der Waals surface area contributed by atoms with Crippen LogP contribution in [-0.4, -0.2) is 38.9 Å². The number of hydrogen-bond acceptors (Lipinski definition) is 3. The first kappa shape index (κ1) is 15.5. The highest BCUT2D eigenvalue weighted by molar-refractivity contribution is 7.85. The van der Waals surface area contributed by atoms with Crippen molar-refractivity contribution in [1.29, 1.82) is 0 Å². The number of amides is 2. The van der Waals surface area contributed by atoms with E-state index in [1.807, 2.05) is 0 Å². The average molecular weight is 310 g/mol. The number of carbonyl (C=O) groups is 2. The molecule has 1 heterocycles. The number of carbonyl (C=O) groups excluding carboxylic acids is 1. The maximum Gasteiger partial charge on any atom is 0.335 e. The van der Waals surface area contributed by atoms with E-state index in [0.717, 1.165) is 18.4 Å². The monoisotopic (exact) mass is 310 g/mol. The van der Waals surface area contributed by atoms with E-state index in [4.69, 9.17) is 5.11 Å². The van der Waals surface area contributed by atoms with Crippen LogP contribution in [0.25, 0.3) is 0 Å². The molecule has 1 aromatic rings. The van der Waals surface area contributed by atoms with Crippen molar-refractivity contribution in [3.63, 3.8) is 0 Å². The van der Waals surface area contributed by atoms with E-state index in [1.165, 1.54) is 12.1 Å². The lowest BCUT2D eigenvalue weighted by atomic mass is 10.1. The Hall–Kier alpha value is -1.89. The molecule has 1 aliphatic heterocycles. The molecule has 1 saturated heterocycles. The Morgan fingerprint density at radius 1 is 1.29 bits per heavy atom. The van der Waals surface area contributed by atoms with Crippen LogP contribution in [0.1, 0.15) is 28.8 Å². The van der Waals surface area contributed by atoms with Crippen molar-refractivity contribution in [3.8, 4) is 0 Å². The molecule has 3 N–H and O–H groups in total. The van der Waals surface area contributed by atoms with Crippen molar-refractivity contribution in [2.45, 2.75) is 25.4 Å². The Labute approximate surface area is 125 Å². The van der Waals surface area contributed by atoms with Gasteiger partial charge in [-0.15, -0.1) is 0 Å². The summed E-state index contributed by atoms with van der Waals surface area (Å²) in [6.45, 7) is 0.269. The van der Waals surface area contributed by atoms with Gasteiger partial charge in [-0.2, -0.15) is 0 Å². The van der Waals surface area contributed by atoms with Crippen molar-refractivity contribution in [3.05, 3.63) is 35.4 Å². The number of urea groups is 1. The molecule has 1 fully saturated rings. The van der Waals surface area contributed by atoms with E-state index in [2.05, 4.69) is 10.6 Å². The van der Waals surface area contributed by atoms with Crippen LogP contribution in [0.3, 0.4) is 0 Å². The Morgan fingerprint density at radius 2 is 2.00 bits per heavy atom. The Balaban J connectivity index is 1.80. The fourth-order valence-corrected chi connectivity index (χ4v) is 3.47.